The molecule has 1 aromatic heterocycles. The molecule has 6 heteroatoms. The minimum Gasteiger partial charge on any atom is -0.493 e. The summed E-state index contributed by atoms with van der Waals surface area (Å²) < 4.78 is 21.2. The molecule has 2 aromatic rings. The molecule has 0 aliphatic carbocycles. The van der Waals surface area contributed by atoms with Gasteiger partial charge in [0.15, 0.2) is 0 Å². The maximum atomic E-state index is 13.5. The van der Waals surface area contributed by atoms with Gasteiger partial charge in [0, 0.05) is 17.8 Å². The first kappa shape index (κ1) is 18.7. The number of carbonyl (C=O) groups is 1. The molecule has 0 N–H and O–H groups in total. The number of hydrogen-bond acceptors (Lipinski definition) is 3. The zero-order valence-electron chi connectivity index (χ0n) is 16.7. The van der Waals surface area contributed by atoms with Crippen molar-refractivity contribution in [1.82, 2.24) is 14.7 Å². The number of aryl methyl sites for hydroxylation is 2. The van der Waals surface area contributed by atoms with Crippen molar-refractivity contribution in [3.05, 3.63) is 52.7 Å². The minimum absolute atomic E-state index is 0.0430. The van der Waals surface area contributed by atoms with E-state index in [1.807, 2.05) is 17.9 Å². The molecule has 0 radical (unpaired) electrons. The van der Waals surface area contributed by atoms with Crippen LogP contribution in [0.15, 0.2) is 35.6 Å². The van der Waals surface area contributed by atoms with E-state index in [9.17, 15) is 9.18 Å². The Morgan fingerprint density at radius 1 is 1.29 bits per heavy atom. The molecule has 0 bridgehead atoms. The van der Waals surface area contributed by atoms with Crippen LogP contribution in [0.3, 0.4) is 0 Å². The van der Waals surface area contributed by atoms with Gasteiger partial charge in [0.2, 0.25) is 5.91 Å². The highest BCUT2D eigenvalue weighted by molar-refractivity contribution is 5.76. The van der Waals surface area contributed by atoms with Crippen LogP contribution in [0.2, 0.25) is 0 Å². The topological polar surface area (TPSA) is 47.4 Å². The van der Waals surface area contributed by atoms with E-state index in [1.165, 1.54) is 11.6 Å². The fourth-order valence-electron chi connectivity index (χ4n) is 3.89. The van der Waals surface area contributed by atoms with E-state index in [4.69, 9.17) is 4.74 Å². The van der Waals surface area contributed by atoms with Gasteiger partial charge in [-0.1, -0.05) is 0 Å². The zero-order valence-corrected chi connectivity index (χ0v) is 16.7. The number of carbonyl (C=O) groups excluding carboxylic acids is 1. The molecule has 5 nitrogen and oxygen atoms in total. The van der Waals surface area contributed by atoms with Crippen LogP contribution in [-0.4, -0.2) is 39.8 Å². The highest BCUT2D eigenvalue weighted by Gasteiger charge is 2.28. The van der Waals surface area contributed by atoms with Gasteiger partial charge in [0.1, 0.15) is 18.1 Å². The van der Waals surface area contributed by atoms with E-state index >= 15 is 0 Å². The number of rotatable bonds is 3. The number of halogens is 1. The van der Waals surface area contributed by atoms with E-state index in [-0.39, 0.29) is 24.4 Å². The van der Waals surface area contributed by atoms with Gasteiger partial charge in [-0.3, -0.25) is 9.48 Å². The Hall–Kier alpha value is -2.63. The molecule has 1 atom stereocenters. The Morgan fingerprint density at radius 3 is 2.89 bits per heavy atom. The highest BCUT2D eigenvalue weighted by Crippen LogP contribution is 2.30. The first-order valence-corrected chi connectivity index (χ1v) is 9.87. The fourth-order valence-corrected chi connectivity index (χ4v) is 3.89. The second kappa shape index (κ2) is 7.41. The van der Waals surface area contributed by atoms with Crippen LogP contribution in [0.25, 0.3) is 11.3 Å². The molecule has 1 aromatic carbocycles. The van der Waals surface area contributed by atoms with E-state index in [0.29, 0.717) is 12.1 Å². The summed E-state index contributed by atoms with van der Waals surface area (Å²) >= 11 is 0. The smallest absolute Gasteiger partial charge is 0.244 e. The Bertz CT molecular complexity index is 947. The molecule has 148 valence electrons. The van der Waals surface area contributed by atoms with Crippen LogP contribution in [0.1, 0.15) is 37.4 Å². The van der Waals surface area contributed by atoms with Gasteiger partial charge in [0.25, 0.3) is 0 Å². The van der Waals surface area contributed by atoms with Gasteiger partial charge in [-0.15, -0.1) is 0 Å². The van der Waals surface area contributed by atoms with E-state index in [0.717, 1.165) is 48.5 Å². The highest BCUT2D eigenvalue weighted by atomic mass is 19.1. The van der Waals surface area contributed by atoms with Crippen LogP contribution in [0.4, 0.5) is 4.39 Å². The molecular formula is C22H26FN3O2. The van der Waals surface area contributed by atoms with Gasteiger partial charge in [-0.25, -0.2) is 4.39 Å². The molecule has 1 unspecified atom stereocenters. The van der Waals surface area contributed by atoms with Crippen molar-refractivity contribution in [2.24, 2.45) is 0 Å². The molecule has 28 heavy (non-hydrogen) atoms. The number of benzene rings is 1. The average Bonchev–Trinajstić information content (AvgIpc) is 3.03. The predicted molar refractivity (Wildman–Crippen MR) is 105 cm³/mol. The lowest BCUT2D eigenvalue weighted by Crippen LogP contribution is -2.41. The molecule has 0 saturated heterocycles. The Balaban J connectivity index is 1.47. The van der Waals surface area contributed by atoms with Gasteiger partial charge < -0.3 is 9.64 Å². The molecular weight excluding hydrogens is 357 g/mol. The number of aromatic nitrogens is 2. The number of ether oxygens (including phenoxy) is 1. The predicted octanol–water partition coefficient (Wildman–Crippen LogP) is 3.99. The summed E-state index contributed by atoms with van der Waals surface area (Å²) in [6.45, 7) is 7.24. The summed E-state index contributed by atoms with van der Waals surface area (Å²) in [6, 6.07) is 6.89. The largest absolute Gasteiger partial charge is 0.493 e. The van der Waals surface area contributed by atoms with Crippen molar-refractivity contribution in [2.45, 2.75) is 52.7 Å². The van der Waals surface area contributed by atoms with Crippen LogP contribution < -0.4 is 0 Å². The van der Waals surface area contributed by atoms with Crippen molar-refractivity contribution in [2.75, 3.05) is 13.1 Å². The monoisotopic (exact) mass is 383 g/mol. The van der Waals surface area contributed by atoms with E-state index in [2.05, 4.69) is 12.0 Å². The summed E-state index contributed by atoms with van der Waals surface area (Å²) in [5, 5.41) is 4.58. The SMILES string of the molecule is Cc1cc(-c2cc(C)n(CC(=O)N3CCC4=C(C3)OC(C)CC4)n2)ccc1F. The molecule has 1 amide bonds. The molecule has 0 fully saturated rings. The lowest BCUT2D eigenvalue weighted by atomic mass is 9.97. The fraction of sp³-hybridized carbons (Fsp3) is 0.455. The van der Waals surface area contributed by atoms with Crippen LogP contribution in [0, 0.1) is 19.7 Å². The lowest BCUT2D eigenvalue weighted by molar-refractivity contribution is -0.132. The third-order valence-electron chi connectivity index (χ3n) is 5.68. The number of hydrogen-bond donors (Lipinski definition) is 0. The molecule has 0 saturated carbocycles. The summed E-state index contributed by atoms with van der Waals surface area (Å²) in [4.78, 5) is 14.7. The maximum absolute atomic E-state index is 13.5. The van der Waals surface area contributed by atoms with Gasteiger partial charge in [-0.2, -0.15) is 5.10 Å². The lowest BCUT2D eigenvalue weighted by Gasteiger charge is -2.35. The first-order valence-electron chi connectivity index (χ1n) is 9.87. The van der Waals surface area contributed by atoms with Crippen LogP contribution in [-0.2, 0) is 16.1 Å². The number of nitrogens with zero attached hydrogens (tertiary/aromatic N) is 3. The second-order valence-corrected chi connectivity index (χ2v) is 7.85. The van der Waals surface area contributed by atoms with E-state index < -0.39 is 0 Å². The second-order valence-electron chi connectivity index (χ2n) is 7.85. The summed E-state index contributed by atoms with van der Waals surface area (Å²) in [5.41, 5.74) is 4.46. The molecule has 3 heterocycles. The minimum atomic E-state index is -0.229. The first-order chi connectivity index (χ1) is 13.4. The van der Waals surface area contributed by atoms with Crippen molar-refractivity contribution < 1.29 is 13.9 Å². The zero-order chi connectivity index (χ0) is 19.8. The molecule has 2 aliphatic rings. The maximum Gasteiger partial charge on any atom is 0.244 e. The Labute approximate surface area is 164 Å². The van der Waals surface area contributed by atoms with E-state index in [1.54, 1.807) is 23.7 Å². The Kier molecular flexibility index (Phi) is 4.96. The Morgan fingerprint density at radius 2 is 2.11 bits per heavy atom. The summed E-state index contributed by atoms with van der Waals surface area (Å²) in [6.07, 6.45) is 3.26. The van der Waals surface area contributed by atoms with Gasteiger partial charge in [-0.05, 0) is 75.4 Å². The van der Waals surface area contributed by atoms with Crippen molar-refractivity contribution in [3.8, 4) is 11.3 Å². The summed E-state index contributed by atoms with van der Waals surface area (Å²) in [5.74, 6) is 0.799. The third kappa shape index (κ3) is 3.68. The van der Waals surface area contributed by atoms with Crippen molar-refractivity contribution in [3.63, 3.8) is 0 Å². The number of amides is 1. The van der Waals surface area contributed by atoms with Crippen LogP contribution in [0.5, 0.6) is 0 Å². The molecule has 4 rings (SSSR count). The van der Waals surface area contributed by atoms with Gasteiger partial charge >= 0.3 is 0 Å². The van der Waals surface area contributed by atoms with Gasteiger partial charge in [0.05, 0.1) is 18.3 Å². The van der Waals surface area contributed by atoms with Crippen LogP contribution >= 0.6 is 0 Å². The molecule has 0 spiro atoms. The molecule has 2 aliphatic heterocycles. The third-order valence-corrected chi connectivity index (χ3v) is 5.68. The summed E-state index contributed by atoms with van der Waals surface area (Å²) in [7, 11) is 0. The average molecular weight is 383 g/mol. The standard InChI is InChI=1S/C22H26FN3O2/c1-14-10-18(6-7-19(14)23)20-11-15(2)26(24-20)13-22(27)25-9-8-17-5-4-16(3)28-21(17)12-25/h6-7,10-11,16H,4-5,8-9,12-13H2,1-3H3. The normalized spacial score (nSPS) is 19.4. The van der Waals surface area contributed by atoms with Crippen molar-refractivity contribution >= 4 is 5.91 Å². The quantitative estimate of drug-likeness (QED) is 0.805. The van der Waals surface area contributed by atoms with Crippen molar-refractivity contribution in [1.29, 1.82) is 0 Å².